The fourth-order valence-corrected chi connectivity index (χ4v) is 2.83. The molecular formula is C15H32N2O. The zero-order valence-electron chi connectivity index (χ0n) is 12.7. The fraction of sp³-hybridized carbons (Fsp3) is 1.00. The topological polar surface area (TPSA) is 24.5 Å². The highest BCUT2D eigenvalue weighted by Gasteiger charge is 2.21. The van der Waals surface area contributed by atoms with Crippen LogP contribution < -0.4 is 5.32 Å². The minimum absolute atomic E-state index is 0.397. The molecule has 1 aliphatic rings. The summed E-state index contributed by atoms with van der Waals surface area (Å²) in [6, 6.07) is 0.709. The van der Waals surface area contributed by atoms with Gasteiger partial charge in [0.25, 0.3) is 0 Å². The summed E-state index contributed by atoms with van der Waals surface area (Å²) in [5, 5.41) is 3.63. The average molecular weight is 256 g/mol. The highest BCUT2D eigenvalue weighted by molar-refractivity contribution is 4.74. The van der Waals surface area contributed by atoms with Crippen LogP contribution in [0.3, 0.4) is 0 Å². The van der Waals surface area contributed by atoms with Gasteiger partial charge in [-0.05, 0) is 52.6 Å². The molecule has 1 rings (SSSR count). The predicted molar refractivity (Wildman–Crippen MR) is 78.1 cm³/mol. The Labute approximate surface area is 113 Å². The first-order valence-corrected chi connectivity index (χ1v) is 7.76. The Morgan fingerprint density at radius 1 is 1.22 bits per heavy atom. The van der Waals surface area contributed by atoms with Gasteiger partial charge in [0, 0.05) is 19.1 Å². The van der Waals surface area contributed by atoms with Crippen LogP contribution in [0.5, 0.6) is 0 Å². The van der Waals surface area contributed by atoms with Gasteiger partial charge < -0.3 is 10.1 Å². The van der Waals surface area contributed by atoms with Gasteiger partial charge in [-0.1, -0.05) is 13.8 Å². The lowest BCUT2D eigenvalue weighted by Gasteiger charge is -2.35. The van der Waals surface area contributed by atoms with Crippen LogP contribution >= 0.6 is 0 Å². The van der Waals surface area contributed by atoms with E-state index in [1.807, 2.05) is 0 Å². The molecule has 1 aliphatic heterocycles. The number of rotatable bonds is 8. The third-order valence-electron chi connectivity index (χ3n) is 3.70. The fourth-order valence-electron chi connectivity index (χ4n) is 2.83. The van der Waals surface area contributed by atoms with E-state index in [0.717, 1.165) is 19.6 Å². The summed E-state index contributed by atoms with van der Waals surface area (Å²) in [6.45, 7) is 13.5. The standard InChI is InChI=1S/C15H32N2O/c1-5-9-16-15(6-2)8-7-10-17-11-13(3)18-14(4)12-17/h13-16H,5-12H2,1-4H3. The minimum atomic E-state index is 0.397. The van der Waals surface area contributed by atoms with E-state index in [1.165, 1.54) is 32.2 Å². The molecule has 3 unspecified atom stereocenters. The molecule has 3 atom stereocenters. The Hall–Kier alpha value is -0.120. The molecule has 1 N–H and O–H groups in total. The van der Waals surface area contributed by atoms with Crippen LogP contribution in [0, 0.1) is 0 Å². The molecule has 0 bridgehead atoms. The number of nitrogens with one attached hydrogen (secondary N) is 1. The summed E-state index contributed by atoms with van der Waals surface area (Å²) in [7, 11) is 0. The van der Waals surface area contributed by atoms with E-state index in [1.54, 1.807) is 0 Å². The maximum Gasteiger partial charge on any atom is 0.0678 e. The summed E-state index contributed by atoms with van der Waals surface area (Å²) in [4.78, 5) is 2.56. The smallest absolute Gasteiger partial charge is 0.0678 e. The lowest BCUT2D eigenvalue weighted by atomic mass is 10.1. The molecule has 0 radical (unpaired) electrons. The summed E-state index contributed by atoms with van der Waals surface area (Å²) in [6.07, 6.45) is 5.87. The van der Waals surface area contributed by atoms with Gasteiger partial charge in [-0.25, -0.2) is 0 Å². The van der Waals surface area contributed by atoms with Gasteiger partial charge >= 0.3 is 0 Å². The van der Waals surface area contributed by atoms with E-state index in [9.17, 15) is 0 Å². The molecule has 3 heteroatoms. The number of hydrogen-bond acceptors (Lipinski definition) is 3. The minimum Gasteiger partial charge on any atom is -0.373 e. The number of hydrogen-bond donors (Lipinski definition) is 1. The van der Waals surface area contributed by atoms with Crippen molar-refractivity contribution in [3.8, 4) is 0 Å². The van der Waals surface area contributed by atoms with Crippen molar-refractivity contribution < 1.29 is 4.74 Å². The Kier molecular flexibility index (Phi) is 7.87. The molecule has 0 saturated carbocycles. The molecule has 0 aromatic heterocycles. The molecule has 0 aromatic carbocycles. The molecule has 1 fully saturated rings. The first kappa shape index (κ1) is 15.9. The summed E-state index contributed by atoms with van der Waals surface area (Å²) in [5.74, 6) is 0. The monoisotopic (exact) mass is 256 g/mol. The van der Waals surface area contributed by atoms with Gasteiger partial charge in [0.15, 0.2) is 0 Å². The van der Waals surface area contributed by atoms with Crippen molar-refractivity contribution in [3.05, 3.63) is 0 Å². The van der Waals surface area contributed by atoms with Crippen molar-refractivity contribution in [2.45, 2.75) is 71.6 Å². The normalized spacial score (nSPS) is 27.3. The summed E-state index contributed by atoms with van der Waals surface area (Å²) in [5.41, 5.74) is 0. The van der Waals surface area contributed by atoms with Crippen molar-refractivity contribution in [2.75, 3.05) is 26.2 Å². The quantitative estimate of drug-likeness (QED) is 0.722. The number of ether oxygens (including phenoxy) is 1. The molecule has 0 amide bonds. The van der Waals surface area contributed by atoms with E-state index in [0.29, 0.717) is 18.2 Å². The summed E-state index contributed by atoms with van der Waals surface area (Å²) >= 11 is 0. The van der Waals surface area contributed by atoms with Crippen LogP contribution in [0.4, 0.5) is 0 Å². The molecule has 0 aliphatic carbocycles. The SMILES string of the molecule is CCCNC(CC)CCCN1CC(C)OC(C)C1. The van der Waals surface area contributed by atoms with Gasteiger partial charge in [0.05, 0.1) is 12.2 Å². The first-order chi connectivity index (χ1) is 8.65. The van der Waals surface area contributed by atoms with Gasteiger partial charge in [0.1, 0.15) is 0 Å². The van der Waals surface area contributed by atoms with E-state index in [2.05, 4.69) is 37.9 Å². The van der Waals surface area contributed by atoms with Crippen LogP contribution in [-0.4, -0.2) is 49.3 Å². The van der Waals surface area contributed by atoms with E-state index < -0.39 is 0 Å². The molecule has 0 aromatic rings. The molecular weight excluding hydrogens is 224 g/mol. The third-order valence-corrected chi connectivity index (χ3v) is 3.70. The van der Waals surface area contributed by atoms with Crippen LogP contribution in [-0.2, 0) is 4.74 Å². The van der Waals surface area contributed by atoms with Gasteiger partial charge in [-0.3, -0.25) is 4.90 Å². The molecule has 0 spiro atoms. The van der Waals surface area contributed by atoms with Crippen molar-refractivity contribution in [2.24, 2.45) is 0 Å². The predicted octanol–water partition coefficient (Wildman–Crippen LogP) is 2.65. The highest BCUT2D eigenvalue weighted by Crippen LogP contribution is 2.12. The Bertz CT molecular complexity index is 201. The lowest BCUT2D eigenvalue weighted by molar-refractivity contribution is -0.0682. The lowest BCUT2D eigenvalue weighted by Crippen LogP contribution is -2.45. The van der Waals surface area contributed by atoms with E-state index >= 15 is 0 Å². The van der Waals surface area contributed by atoms with Crippen molar-refractivity contribution in [3.63, 3.8) is 0 Å². The Morgan fingerprint density at radius 2 is 1.89 bits per heavy atom. The second kappa shape index (κ2) is 8.89. The Morgan fingerprint density at radius 3 is 2.44 bits per heavy atom. The second-order valence-corrected chi connectivity index (χ2v) is 5.72. The molecule has 1 heterocycles. The highest BCUT2D eigenvalue weighted by atomic mass is 16.5. The molecule has 108 valence electrons. The van der Waals surface area contributed by atoms with E-state index in [-0.39, 0.29) is 0 Å². The van der Waals surface area contributed by atoms with Crippen LogP contribution in [0.2, 0.25) is 0 Å². The van der Waals surface area contributed by atoms with Crippen molar-refractivity contribution >= 4 is 0 Å². The summed E-state index contributed by atoms with van der Waals surface area (Å²) < 4.78 is 5.76. The number of nitrogens with zero attached hydrogens (tertiary/aromatic N) is 1. The zero-order valence-corrected chi connectivity index (χ0v) is 12.7. The van der Waals surface area contributed by atoms with E-state index in [4.69, 9.17) is 4.74 Å². The maximum absolute atomic E-state index is 5.76. The maximum atomic E-state index is 5.76. The number of morpholine rings is 1. The van der Waals surface area contributed by atoms with Crippen LogP contribution in [0.15, 0.2) is 0 Å². The van der Waals surface area contributed by atoms with Gasteiger partial charge in [0.2, 0.25) is 0 Å². The third kappa shape index (κ3) is 6.17. The second-order valence-electron chi connectivity index (χ2n) is 5.72. The van der Waals surface area contributed by atoms with Crippen LogP contribution in [0.25, 0.3) is 0 Å². The first-order valence-electron chi connectivity index (χ1n) is 7.76. The molecule has 1 saturated heterocycles. The van der Waals surface area contributed by atoms with Gasteiger partial charge in [-0.15, -0.1) is 0 Å². The molecule has 18 heavy (non-hydrogen) atoms. The zero-order chi connectivity index (χ0) is 13.4. The largest absolute Gasteiger partial charge is 0.373 e. The van der Waals surface area contributed by atoms with Crippen LogP contribution in [0.1, 0.15) is 53.4 Å². The van der Waals surface area contributed by atoms with Gasteiger partial charge in [-0.2, -0.15) is 0 Å². The van der Waals surface area contributed by atoms with Crippen molar-refractivity contribution in [1.82, 2.24) is 10.2 Å². The Balaban J connectivity index is 2.15. The average Bonchev–Trinajstić information content (AvgIpc) is 2.32. The molecule has 3 nitrogen and oxygen atoms in total. The van der Waals surface area contributed by atoms with Crippen molar-refractivity contribution in [1.29, 1.82) is 0 Å².